The average Bonchev–Trinajstić information content (AvgIpc) is 2.83. The van der Waals surface area contributed by atoms with E-state index < -0.39 is 11.6 Å². The Labute approximate surface area is 119 Å². The molecule has 6 heteroatoms. The maximum Gasteiger partial charge on any atom is 0.182 e. The van der Waals surface area contributed by atoms with E-state index in [0.29, 0.717) is 10.6 Å². The van der Waals surface area contributed by atoms with Crippen LogP contribution in [0.1, 0.15) is 18.2 Å². The number of nitrogens with one attached hydrogen (secondary N) is 1. The molecule has 1 aromatic heterocycles. The van der Waals surface area contributed by atoms with Crippen LogP contribution in [0.25, 0.3) is 0 Å². The Kier molecular flexibility index (Phi) is 5.15. The van der Waals surface area contributed by atoms with Crippen molar-refractivity contribution in [3.8, 4) is 0 Å². The lowest BCUT2D eigenvalue weighted by Gasteiger charge is -2.01. The maximum atomic E-state index is 13.4. The van der Waals surface area contributed by atoms with Crippen molar-refractivity contribution < 1.29 is 8.78 Å². The first-order chi connectivity index (χ1) is 9.19. The molecule has 0 radical (unpaired) electrons. The van der Waals surface area contributed by atoms with Gasteiger partial charge in [0.2, 0.25) is 0 Å². The van der Waals surface area contributed by atoms with Crippen LogP contribution < -0.4 is 5.32 Å². The fourth-order valence-corrected chi connectivity index (χ4v) is 3.21. The van der Waals surface area contributed by atoms with Crippen molar-refractivity contribution in [3.63, 3.8) is 0 Å². The molecule has 2 aromatic rings. The van der Waals surface area contributed by atoms with E-state index in [9.17, 15) is 8.78 Å². The van der Waals surface area contributed by atoms with Gasteiger partial charge in [0.1, 0.15) is 11.6 Å². The SMILES string of the molecule is CCCNc1ncc(CSc2ccc(F)cc2F)s1. The third kappa shape index (κ3) is 4.18. The molecule has 0 saturated carbocycles. The van der Waals surface area contributed by atoms with Crippen molar-refractivity contribution in [2.45, 2.75) is 24.0 Å². The molecule has 0 aliphatic rings. The first-order valence-corrected chi connectivity index (χ1v) is 7.75. The summed E-state index contributed by atoms with van der Waals surface area (Å²) < 4.78 is 26.2. The highest BCUT2D eigenvalue weighted by Crippen LogP contribution is 2.29. The summed E-state index contributed by atoms with van der Waals surface area (Å²) in [5.74, 6) is -0.432. The van der Waals surface area contributed by atoms with Crippen molar-refractivity contribution in [1.29, 1.82) is 0 Å². The van der Waals surface area contributed by atoms with Crippen molar-refractivity contribution >= 4 is 28.2 Å². The van der Waals surface area contributed by atoms with E-state index in [2.05, 4.69) is 17.2 Å². The second-order valence-corrected chi connectivity index (χ2v) is 6.05. The zero-order chi connectivity index (χ0) is 13.7. The molecule has 0 amide bonds. The largest absolute Gasteiger partial charge is 0.362 e. The summed E-state index contributed by atoms with van der Waals surface area (Å²) in [4.78, 5) is 5.76. The van der Waals surface area contributed by atoms with Gasteiger partial charge >= 0.3 is 0 Å². The van der Waals surface area contributed by atoms with Gasteiger partial charge in [0.05, 0.1) is 0 Å². The number of thioether (sulfide) groups is 1. The predicted molar refractivity (Wildman–Crippen MR) is 76.8 cm³/mol. The lowest BCUT2D eigenvalue weighted by atomic mass is 10.3. The van der Waals surface area contributed by atoms with Crippen molar-refractivity contribution in [2.24, 2.45) is 0 Å². The third-order valence-electron chi connectivity index (χ3n) is 2.34. The van der Waals surface area contributed by atoms with E-state index in [1.54, 1.807) is 17.5 Å². The van der Waals surface area contributed by atoms with Crippen LogP contribution in [0.5, 0.6) is 0 Å². The van der Waals surface area contributed by atoms with Gasteiger partial charge < -0.3 is 5.32 Å². The van der Waals surface area contributed by atoms with Gasteiger partial charge in [-0.3, -0.25) is 0 Å². The molecule has 0 spiro atoms. The van der Waals surface area contributed by atoms with Crippen LogP contribution in [0.15, 0.2) is 29.3 Å². The van der Waals surface area contributed by atoms with E-state index in [1.807, 2.05) is 0 Å². The average molecular weight is 300 g/mol. The summed E-state index contributed by atoms with van der Waals surface area (Å²) in [5.41, 5.74) is 0. The van der Waals surface area contributed by atoms with E-state index in [1.165, 1.54) is 23.9 Å². The van der Waals surface area contributed by atoms with Crippen molar-refractivity contribution in [3.05, 3.63) is 40.9 Å². The molecule has 19 heavy (non-hydrogen) atoms. The quantitative estimate of drug-likeness (QED) is 0.793. The third-order valence-corrected chi connectivity index (χ3v) is 4.58. The Hall–Kier alpha value is -1.14. The Balaban J connectivity index is 1.92. The Morgan fingerprint density at radius 1 is 1.37 bits per heavy atom. The molecule has 0 saturated heterocycles. The van der Waals surface area contributed by atoms with Crippen LogP contribution in [0.4, 0.5) is 13.9 Å². The van der Waals surface area contributed by atoms with Gasteiger partial charge in [0, 0.05) is 34.3 Å². The molecule has 0 aliphatic carbocycles. The molecule has 0 atom stereocenters. The number of halogens is 2. The number of benzene rings is 1. The van der Waals surface area contributed by atoms with Crippen LogP contribution in [0, 0.1) is 11.6 Å². The minimum absolute atomic E-state index is 0.456. The Bertz CT molecular complexity index is 543. The summed E-state index contributed by atoms with van der Waals surface area (Å²) in [5, 5.41) is 4.09. The van der Waals surface area contributed by atoms with Crippen LogP contribution in [0.2, 0.25) is 0 Å². The highest BCUT2D eigenvalue weighted by Gasteiger charge is 2.07. The number of rotatable bonds is 6. The molecule has 2 rings (SSSR count). The van der Waals surface area contributed by atoms with Crippen LogP contribution in [-0.2, 0) is 5.75 Å². The number of hydrogen-bond donors (Lipinski definition) is 1. The number of aromatic nitrogens is 1. The molecule has 0 aliphatic heterocycles. The molecular weight excluding hydrogens is 286 g/mol. The molecular formula is C13H14F2N2S2. The molecule has 0 unspecified atom stereocenters. The summed E-state index contributed by atoms with van der Waals surface area (Å²) in [6, 6.07) is 3.64. The number of hydrogen-bond acceptors (Lipinski definition) is 4. The lowest BCUT2D eigenvalue weighted by molar-refractivity contribution is 0.565. The Morgan fingerprint density at radius 2 is 2.21 bits per heavy atom. The van der Waals surface area contributed by atoms with Crippen molar-refractivity contribution in [1.82, 2.24) is 4.98 Å². The van der Waals surface area contributed by atoms with Gasteiger partial charge in [-0.15, -0.1) is 23.1 Å². The topological polar surface area (TPSA) is 24.9 Å². The zero-order valence-electron chi connectivity index (χ0n) is 10.5. The predicted octanol–water partition coefficient (Wildman–Crippen LogP) is 4.54. The molecule has 0 fully saturated rings. The number of anilines is 1. The normalized spacial score (nSPS) is 10.7. The zero-order valence-corrected chi connectivity index (χ0v) is 12.1. The van der Waals surface area contributed by atoms with Gasteiger partial charge in [0.25, 0.3) is 0 Å². The minimum Gasteiger partial charge on any atom is -0.362 e. The van der Waals surface area contributed by atoms with Gasteiger partial charge in [-0.2, -0.15) is 0 Å². The summed E-state index contributed by atoms with van der Waals surface area (Å²) in [6.45, 7) is 2.99. The van der Waals surface area contributed by atoms with Crippen molar-refractivity contribution in [2.75, 3.05) is 11.9 Å². The van der Waals surface area contributed by atoms with Crippen LogP contribution >= 0.6 is 23.1 Å². The standard InChI is InChI=1S/C13H14F2N2S2/c1-2-5-16-13-17-7-10(19-13)8-18-12-4-3-9(14)6-11(12)15/h3-4,6-7H,2,5,8H2,1H3,(H,16,17). The fourth-order valence-electron chi connectivity index (χ4n) is 1.43. The molecule has 2 nitrogen and oxygen atoms in total. The lowest BCUT2D eigenvalue weighted by Crippen LogP contribution is -1.97. The second kappa shape index (κ2) is 6.86. The van der Waals surface area contributed by atoms with Crippen LogP contribution in [0.3, 0.4) is 0 Å². The molecule has 0 bridgehead atoms. The van der Waals surface area contributed by atoms with Gasteiger partial charge in [-0.1, -0.05) is 6.92 Å². The fraction of sp³-hybridized carbons (Fsp3) is 0.308. The summed E-state index contributed by atoms with van der Waals surface area (Å²) >= 11 is 2.91. The number of nitrogens with zero attached hydrogens (tertiary/aromatic N) is 1. The Morgan fingerprint density at radius 3 is 2.95 bits per heavy atom. The van der Waals surface area contributed by atoms with E-state index >= 15 is 0 Å². The maximum absolute atomic E-state index is 13.4. The smallest absolute Gasteiger partial charge is 0.182 e. The molecule has 1 heterocycles. The van der Waals surface area contributed by atoms with Crippen LogP contribution in [-0.4, -0.2) is 11.5 Å². The first-order valence-electron chi connectivity index (χ1n) is 5.95. The summed E-state index contributed by atoms with van der Waals surface area (Å²) in [6.07, 6.45) is 2.83. The van der Waals surface area contributed by atoms with Gasteiger partial charge in [-0.05, 0) is 18.6 Å². The van der Waals surface area contributed by atoms with Gasteiger partial charge in [0.15, 0.2) is 5.13 Å². The monoisotopic (exact) mass is 300 g/mol. The highest BCUT2D eigenvalue weighted by atomic mass is 32.2. The van der Waals surface area contributed by atoms with E-state index in [-0.39, 0.29) is 0 Å². The highest BCUT2D eigenvalue weighted by molar-refractivity contribution is 7.98. The number of thiazole rings is 1. The van der Waals surface area contributed by atoms with E-state index in [0.717, 1.165) is 29.0 Å². The molecule has 1 N–H and O–H groups in total. The molecule has 102 valence electrons. The van der Waals surface area contributed by atoms with Gasteiger partial charge in [-0.25, -0.2) is 13.8 Å². The van der Waals surface area contributed by atoms with E-state index in [4.69, 9.17) is 0 Å². The first kappa shape index (κ1) is 14.3. The molecule has 1 aromatic carbocycles. The minimum atomic E-state index is -0.550. The summed E-state index contributed by atoms with van der Waals surface area (Å²) in [7, 11) is 0. The second-order valence-electron chi connectivity index (χ2n) is 3.92.